The van der Waals surface area contributed by atoms with Crippen molar-refractivity contribution in [2.75, 3.05) is 5.32 Å². The van der Waals surface area contributed by atoms with Gasteiger partial charge in [0, 0.05) is 35.9 Å². The molecule has 163 valence electrons. The first-order valence-corrected chi connectivity index (χ1v) is 13.9. The van der Waals surface area contributed by atoms with Gasteiger partial charge in [-0.25, -0.2) is 9.97 Å². The molecule has 0 spiro atoms. The van der Waals surface area contributed by atoms with E-state index < -0.39 is 8.32 Å². The second-order valence-corrected chi connectivity index (χ2v) is 14.9. The zero-order valence-electron chi connectivity index (χ0n) is 18.7. The van der Waals surface area contributed by atoms with Crippen molar-refractivity contribution >= 4 is 20.0 Å². The van der Waals surface area contributed by atoms with E-state index in [1.54, 1.807) is 0 Å². The number of nitrogens with zero attached hydrogens (tertiary/aromatic N) is 4. The number of anilines is 1. The molecular weight excluding hydrogens is 394 g/mol. The molecule has 0 aromatic carbocycles. The van der Waals surface area contributed by atoms with Gasteiger partial charge in [-0.3, -0.25) is 9.48 Å². The maximum atomic E-state index is 12.7. The highest BCUT2D eigenvalue weighted by Crippen LogP contribution is 2.41. The number of hydrogen-bond acceptors (Lipinski definition) is 5. The molecule has 3 heterocycles. The highest BCUT2D eigenvalue weighted by Gasteiger charge is 2.37. The number of rotatable bonds is 5. The lowest BCUT2D eigenvalue weighted by atomic mass is 9.82. The smallest absolute Gasteiger partial charge is 0.228 e. The van der Waals surface area contributed by atoms with Gasteiger partial charge in [-0.1, -0.05) is 20.8 Å². The molecular formula is C22H33N5O2Si-. The van der Waals surface area contributed by atoms with E-state index in [4.69, 9.17) is 4.43 Å². The second kappa shape index (κ2) is 7.89. The third-order valence-corrected chi connectivity index (χ3v) is 11.4. The largest absolute Gasteiger partial charge is 0.562 e. The highest BCUT2D eigenvalue weighted by atomic mass is 28.4. The van der Waals surface area contributed by atoms with E-state index in [0.717, 1.165) is 37.1 Å². The van der Waals surface area contributed by atoms with E-state index in [2.05, 4.69) is 58.9 Å². The molecule has 0 radical (unpaired) electrons. The van der Waals surface area contributed by atoms with Crippen LogP contribution in [0.15, 0.2) is 18.6 Å². The van der Waals surface area contributed by atoms with Gasteiger partial charge in [-0.2, -0.15) is 5.10 Å². The first kappa shape index (κ1) is 21.2. The molecule has 2 aliphatic rings. The summed E-state index contributed by atoms with van der Waals surface area (Å²) in [5.41, 5.74) is 3.08. The van der Waals surface area contributed by atoms with Gasteiger partial charge in [0.05, 0.1) is 11.9 Å². The minimum absolute atomic E-state index is 0.0120. The van der Waals surface area contributed by atoms with Crippen LogP contribution in [0.25, 0.3) is 11.3 Å². The summed E-state index contributed by atoms with van der Waals surface area (Å²) in [6, 6.07) is 1.85. The molecule has 1 N–H and O–H groups in total. The van der Waals surface area contributed by atoms with Crippen LogP contribution in [-0.4, -0.2) is 40.1 Å². The molecule has 7 nitrogen and oxygen atoms in total. The number of aryl methyl sites for hydroxylation is 1. The van der Waals surface area contributed by atoms with Gasteiger partial charge in [0.2, 0.25) is 5.91 Å². The van der Waals surface area contributed by atoms with Gasteiger partial charge in [-0.05, 0) is 40.4 Å². The molecule has 0 bridgehead atoms. The standard InChI is InChI=1S/C22H33N5O2Si/c1-22(2,3)30(4,5)29-16-10-15(11-16)21(28)26-20-12-18(23-14-24-20)17-13-25-27-9-7-6-8-19(17)27/h12-16H,6-11H2,1-5H3,(H,23,24,26,28)/q-1. The average molecular weight is 428 g/mol. The SMILES string of the molecule is CC(C)(C)[Si-](C)(C)OC1CC(C(=O)Nc2cc(-c3cnn4c3CCCC4)ncn2)C1. The Labute approximate surface area is 179 Å². The molecule has 1 aliphatic carbocycles. The molecule has 1 amide bonds. The maximum Gasteiger partial charge on any atom is 0.228 e. The Morgan fingerprint density at radius 1 is 1.23 bits per heavy atom. The Morgan fingerprint density at radius 3 is 2.73 bits per heavy atom. The van der Waals surface area contributed by atoms with Crippen molar-refractivity contribution in [2.24, 2.45) is 5.92 Å². The number of nitrogens with one attached hydrogen (secondary N) is 1. The minimum Gasteiger partial charge on any atom is -0.562 e. The van der Waals surface area contributed by atoms with Crippen molar-refractivity contribution in [3.63, 3.8) is 0 Å². The fraction of sp³-hybridized carbons (Fsp3) is 0.636. The molecule has 0 saturated heterocycles. The van der Waals surface area contributed by atoms with E-state index in [1.165, 1.54) is 24.9 Å². The van der Waals surface area contributed by atoms with Crippen molar-refractivity contribution in [3.05, 3.63) is 24.3 Å². The molecule has 0 unspecified atom stereocenters. The Hall–Kier alpha value is -2.06. The van der Waals surface area contributed by atoms with Gasteiger partial charge in [-0.15, -0.1) is 18.1 Å². The molecule has 4 rings (SSSR count). The predicted octanol–water partition coefficient (Wildman–Crippen LogP) is 4.42. The van der Waals surface area contributed by atoms with Gasteiger partial charge in [0.1, 0.15) is 12.1 Å². The van der Waals surface area contributed by atoms with Crippen LogP contribution in [0.5, 0.6) is 0 Å². The van der Waals surface area contributed by atoms with Crippen LogP contribution in [0.1, 0.15) is 52.1 Å². The molecule has 8 heteroatoms. The molecule has 1 fully saturated rings. The predicted molar refractivity (Wildman–Crippen MR) is 120 cm³/mol. The number of amides is 1. The minimum atomic E-state index is -1.79. The Morgan fingerprint density at radius 2 is 2.00 bits per heavy atom. The van der Waals surface area contributed by atoms with E-state index >= 15 is 0 Å². The molecule has 2 aromatic heterocycles. The van der Waals surface area contributed by atoms with Gasteiger partial charge < -0.3 is 9.74 Å². The second-order valence-electron chi connectivity index (χ2n) is 10.1. The van der Waals surface area contributed by atoms with Gasteiger partial charge >= 0.3 is 0 Å². The van der Waals surface area contributed by atoms with E-state index in [1.807, 2.05) is 12.3 Å². The van der Waals surface area contributed by atoms with Gasteiger partial charge in [0.25, 0.3) is 0 Å². The van der Waals surface area contributed by atoms with Crippen molar-refractivity contribution < 1.29 is 9.22 Å². The summed E-state index contributed by atoms with van der Waals surface area (Å²) in [6.07, 6.45) is 8.51. The van der Waals surface area contributed by atoms with Crippen molar-refractivity contribution in [3.8, 4) is 11.3 Å². The first-order chi connectivity index (χ1) is 14.1. The average Bonchev–Trinajstić information content (AvgIpc) is 3.07. The summed E-state index contributed by atoms with van der Waals surface area (Å²) in [5.74, 6) is 0.559. The summed E-state index contributed by atoms with van der Waals surface area (Å²) in [6.45, 7) is 12.2. The Kier molecular flexibility index (Phi) is 5.57. The highest BCUT2D eigenvalue weighted by molar-refractivity contribution is 6.74. The van der Waals surface area contributed by atoms with Crippen LogP contribution in [0, 0.1) is 5.92 Å². The number of carbonyl (C=O) groups is 1. The Bertz CT molecular complexity index is 928. The van der Waals surface area contributed by atoms with Crippen LogP contribution in [0.2, 0.25) is 18.1 Å². The number of fused-ring (bicyclic) bond motifs is 1. The monoisotopic (exact) mass is 427 g/mol. The molecule has 2 aromatic rings. The molecule has 1 aliphatic heterocycles. The third-order valence-electron chi connectivity index (χ3n) is 6.91. The normalized spacial score (nSPS) is 21.6. The number of aromatic nitrogens is 4. The van der Waals surface area contributed by atoms with E-state index in [-0.39, 0.29) is 23.0 Å². The zero-order valence-corrected chi connectivity index (χ0v) is 19.7. The Balaban J connectivity index is 1.36. The lowest BCUT2D eigenvalue weighted by Crippen LogP contribution is -2.49. The first-order valence-electron chi connectivity index (χ1n) is 11.0. The van der Waals surface area contributed by atoms with Crippen LogP contribution in [0.3, 0.4) is 0 Å². The van der Waals surface area contributed by atoms with Crippen LogP contribution < -0.4 is 5.32 Å². The van der Waals surface area contributed by atoms with E-state index in [9.17, 15) is 4.79 Å². The van der Waals surface area contributed by atoms with E-state index in [0.29, 0.717) is 5.82 Å². The molecule has 30 heavy (non-hydrogen) atoms. The maximum absolute atomic E-state index is 12.7. The summed E-state index contributed by atoms with van der Waals surface area (Å²) in [4.78, 5) is 21.4. The van der Waals surface area contributed by atoms with Crippen LogP contribution >= 0.6 is 0 Å². The van der Waals surface area contributed by atoms with Gasteiger partial charge in [0.15, 0.2) is 0 Å². The molecule has 0 atom stereocenters. The van der Waals surface area contributed by atoms with Crippen molar-refractivity contribution in [1.82, 2.24) is 19.7 Å². The summed E-state index contributed by atoms with van der Waals surface area (Å²) >= 11 is 0. The summed E-state index contributed by atoms with van der Waals surface area (Å²) < 4.78 is 8.48. The third kappa shape index (κ3) is 4.20. The number of carbonyl (C=O) groups excluding carboxylic acids is 1. The van der Waals surface area contributed by atoms with Crippen LogP contribution in [-0.2, 0) is 22.2 Å². The fourth-order valence-electron chi connectivity index (χ4n) is 3.91. The fourth-order valence-corrected chi connectivity index (χ4v) is 5.29. The topological polar surface area (TPSA) is 81.9 Å². The summed E-state index contributed by atoms with van der Waals surface area (Å²) in [7, 11) is -1.79. The van der Waals surface area contributed by atoms with Crippen molar-refractivity contribution in [2.45, 2.75) is 83.7 Å². The number of hydrogen-bond donors (Lipinski definition) is 1. The quantitative estimate of drug-likeness (QED) is 0.715. The zero-order chi connectivity index (χ0) is 21.5. The van der Waals surface area contributed by atoms with Crippen molar-refractivity contribution in [1.29, 1.82) is 0 Å². The lowest BCUT2D eigenvalue weighted by Gasteiger charge is -2.53. The summed E-state index contributed by atoms with van der Waals surface area (Å²) in [5, 5.41) is 7.65. The molecule has 1 saturated carbocycles. The van der Waals surface area contributed by atoms with Crippen LogP contribution in [0.4, 0.5) is 5.82 Å². The lowest BCUT2D eigenvalue weighted by molar-refractivity contribution is -0.125.